The van der Waals surface area contributed by atoms with E-state index in [1.807, 2.05) is 0 Å². The number of ether oxygens (including phenoxy) is 4. The van der Waals surface area contributed by atoms with Crippen molar-refractivity contribution in [3.63, 3.8) is 0 Å². The molecule has 14 heteroatoms. The Labute approximate surface area is 334 Å². The fraction of sp³-hybridized carbons (Fsp3) is 0.100. The molecule has 0 saturated heterocycles. The van der Waals surface area contributed by atoms with E-state index in [2.05, 4.69) is 0 Å². The summed E-state index contributed by atoms with van der Waals surface area (Å²) in [5, 5.41) is 18.6. The minimum Gasteiger partial charge on any atom is -0.497 e. The van der Waals surface area contributed by atoms with Gasteiger partial charge in [0.1, 0.15) is 46.3 Å². The highest BCUT2D eigenvalue weighted by atomic mass is 127. The van der Waals surface area contributed by atoms with Gasteiger partial charge in [-0.2, -0.15) is 0 Å². The number of benzene rings is 6. The molecule has 0 spiro atoms. The molecule has 6 aromatic carbocycles. The zero-order valence-corrected chi connectivity index (χ0v) is 32.8. The standard InChI is InChI=1S/C20H15ClF2O2.C13H9F2IO.C7H8BClO3/c1-24-19-6-4-3-5-13(19)14-10-18(23)15(11-17(14)22)16-9-12(21)7-8-20(16)25-2;1-17-13-5-3-2-4-8(13)9-6-11(15)12(16)7-10(9)14;1-12-7-3-2-5(9)4-6(7)8(10)11/h3-11H,1-2H3;2-7H,1H3;2-4,10-11H,1H3. The Morgan fingerprint density at radius 3 is 1.33 bits per heavy atom. The normalized spacial score (nSPS) is 10.3. The molecular weight excluding hydrogens is 861 g/mol. The van der Waals surface area contributed by atoms with Crippen LogP contribution in [0.5, 0.6) is 23.0 Å². The molecule has 6 aromatic rings. The lowest BCUT2D eigenvalue weighted by atomic mass is 9.79. The Morgan fingerprint density at radius 2 is 0.852 bits per heavy atom. The third-order valence-corrected chi connectivity index (χ3v) is 9.08. The largest absolute Gasteiger partial charge is 0.497 e. The van der Waals surface area contributed by atoms with Crippen LogP contribution in [-0.4, -0.2) is 45.6 Å². The van der Waals surface area contributed by atoms with Crippen molar-refractivity contribution in [2.24, 2.45) is 0 Å². The maximum atomic E-state index is 14.8. The van der Waals surface area contributed by atoms with Crippen LogP contribution in [0.15, 0.2) is 109 Å². The Morgan fingerprint density at radius 1 is 0.463 bits per heavy atom. The van der Waals surface area contributed by atoms with Gasteiger partial charge in [0, 0.05) is 48.9 Å². The molecule has 0 amide bonds. The van der Waals surface area contributed by atoms with E-state index in [9.17, 15) is 17.6 Å². The summed E-state index contributed by atoms with van der Waals surface area (Å²) >= 11 is 13.4. The van der Waals surface area contributed by atoms with Crippen LogP contribution >= 0.6 is 45.8 Å². The minimum atomic E-state index is -1.56. The van der Waals surface area contributed by atoms with Crippen molar-refractivity contribution in [3.05, 3.63) is 146 Å². The molecule has 0 fully saturated rings. The van der Waals surface area contributed by atoms with Crippen LogP contribution in [0.1, 0.15) is 0 Å². The van der Waals surface area contributed by atoms with Crippen molar-refractivity contribution in [3.8, 4) is 56.4 Å². The van der Waals surface area contributed by atoms with Gasteiger partial charge in [0.25, 0.3) is 0 Å². The molecular formula is C40H32BCl2F4IO6. The summed E-state index contributed by atoms with van der Waals surface area (Å²) in [6.07, 6.45) is 0. The van der Waals surface area contributed by atoms with E-state index in [0.29, 0.717) is 49.7 Å². The second-order valence-corrected chi connectivity index (χ2v) is 13.1. The van der Waals surface area contributed by atoms with Gasteiger partial charge >= 0.3 is 7.12 Å². The number of hydrogen-bond acceptors (Lipinski definition) is 6. The van der Waals surface area contributed by atoms with E-state index in [4.69, 9.17) is 52.2 Å². The molecule has 6 rings (SSSR count). The second kappa shape index (κ2) is 19.7. The first-order chi connectivity index (χ1) is 25.8. The van der Waals surface area contributed by atoms with Crippen molar-refractivity contribution < 1.29 is 46.6 Å². The molecule has 0 bridgehead atoms. The SMILES string of the molecule is COc1ccc(Cl)cc1B(O)O.COc1ccccc1-c1cc(F)c(-c2cc(Cl)ccc2OC)cc1F.COc1ccccc1-c1cc(F)c(I)cc1F. The molecule has 0 aromatic heterocycles. The predicted octanol–water partition coefficient (Wildman–Crippen LogP) is 10.2. The fourth-order valence-corrected chi connectivity index (χ4v) is 6.00. The molecule has 0 radical (unpaired) electrons. The van der Waals surface area contributed by atoms with Gasteiger partial charge in [-0.1, -0.05) is 59.6 Å². The summed E-state index contributed by atoms with van der Waals surface area (Å²) in [7, 11) is 4.34. The van der Waals surface area contributed by atoms with E-state index < -0.39 is 30.4 Å². The minimum absolute atomic E-state index is 0.0792. The summed E-state index contributed by atoms with van der Waals surface area (Å²) in [4.78, 5) is 0. The van der Waals surface area contributed by atoms with Gasteiger partial charge in [-0.05, 0) is 95.4 Å². The van der Waals surface area contributed by atoms with Gasteiger partial charge < -0.3 is 29.0 Å². The highest BCUT2D eigenvalue weighted by Gasteiger charge is 2.19. The molecule has 0 aliphatic rings. The van der Waals surface area contributed by atoms with Crippen LogP contribution in [0.2, 0.25) is 10.0 Å². The van der Waals surface area contributed by atoms with Crippen LogP contribution < -0.4 is 24.4 Å². The Balaban J connectivity index is 0.000000194. The Hall–Kier alpha value is -4.47. The molecule has 0 unspecified atom stereocenters. The fourth-order valence-electron chi connectivity index (χ4n) is 5.22. The van der Waals surface area contributed by atoms with Gasteiger partial charge in [0.15, 0.2) is 0 Å². The zero-order chi connectivity index (χ0) is 39.5. The summed E-state index contributed by atoms with van der Waals surface area (Å²) < 4.78 is 77.6. The zero-order valence-electron chi connectivity index (χ0n) is 29.1. The van der Waals surface area contributed by atoms with E-state index >= 15 is 0 Å². The smallest absolute Gasteiger partial charge is 0.492 e. The third kappa shape index (κ3) is 10.4. The van der Waals surface area contributed by atoms with Crippen LogP contribution in [0.25, 0.3) is 33.4 Å². The summed E-state index contributed by atoms with van der Waals surface area (Å²) in [6.45, 7) is 0. The monoisotopic (exact) mass is 892 g/mol. The molecule has 0 aliphatic carbocycles. The molecule has 280 valence electrons. The number of rotatable bonds is 8. The number of para-hydroxylation sites is 2. The maximum absolute atomic E-state index is 14.8. The highest BCUT2D eigenvalue weighted by molar-refractivity contribution is 14.1. The van der Waals surface area contributed by atoms with Crippen LogP contribution in [0.3, 0.4) is 0 Å². The molecule has 6 nitrogen and oxygen atoms in total. The van der Waals surface area contributed by atoms with E-state index in [-0.39, 0.29) is 25.7 Å². The van der Waals surface area contributed by atoms with Gasteiger partial charge in [-0.25, -0.2) is 17.6 Å². The topological polar surface area (TPSA) is 77.4 Å². The highest BCUT2D eigenvalue weighted by Crippen LogP contribution is 2.39. The van der Waals surface area contributed by atoms with E-state index in [1.54, 1.807) is 101 Å². The first-order valence-electron chi connectivity index (χ1n) is 15.8. The predicted molar refractivity (Wildman–Crippen MR) is 214 cm³/mol. The first-order valence-corrected chi connectivity index (χ1v) is 17.6. The van der Waals surface area contributed by atoms with Crippen LogP contribution in [0, 0.1) is 26.8 Å². The lowest BCUT2D eigenvalue weighted by molar-refractivity contribution is 0.403. The molecule has 0 atom stereocenters. The Kier molecular flexibility index (Phi) is 15.5. The Bertz CT molecular complexity index is 2230. The van der Waals surface area contributed by atoms with Gasteiger partial charge in [-0.3, -0.25) is 0 Å². The van der Waals surface area contributed by atoms with Crippen molar-refractivity contribution in [2.45, 2.75) is 0 Å². The molecule has 54 heavy (non-hydrogen) atoms. The summed E-state index contributed by atoms with van der Waals surface area (Å²) in [6, 6.07) is 27.9. The molecule has 0 heterocycles. The lowest BCUT2D eigenvalue weighted by Crippen LogP contribution is -2.31. The first kappa shape index (κ1) is 42.3. The van der Waals surface area contributed by atoms with Crippen molar-refractivity contribution in [1.29, 1.82) is 0 Å². The average Bonchev–Trinajstić information content (AvgIpc) is 3.17. The van der Waals surface area contributed by atoms with Crippen molar-refractivity contribution in [2.75, 3.05) is 28.4 Å². The third-order valence-electron chi connectivity index (χ3n) is 7.78. The number of hydrogen-bond donors (Lipinski definition) is 2. The second-order valence-electron chi connectivity index (χ2n) is 11.1. The van der Waals surface area contributed by atoms with E-state index in [0.717, 1.165) is 12.1 Å². The average molecular weight is 893 g/mol. The summed E-state index contributed by atoms with van der Waals surface area (Å²) in [5.74, 6) is -0.234. The lowest BCUT2D eigenvalue weighted by Gasteiger charge is -2.13. The maximum Gasteiger partial charge on any atom is 0.492 e. The molecule has 0 saturated carbocycles. The molecule has 2 N–H and O–H groups in total. The van der Waals surface area contributed by atoms with E-state index in [1.165, 1.54) is 46.6 Å². The van der Waals surface area contributed by atoms with Crippen molar-refractivity contribution >= 4 is 58.4 Å². The quantitative estimate of drug-likeness (QED) is 0.0686. The van der Waals surface area contributed by atoms with Crippen molar-refractivity contribution in [1.82, 2.24) is 0 Å². The van der Waals surface area contributed by atoms with Crippen LogP contribution in [-0.2, 0) is 0 Å². The van der Waals surface area contributed by atoms with Gasteiger partial charge in [0.05, 0.1) is 32.0 Å². The summed E-state index contributed by atoms with van der Waals surface area (Å²) in [5.41, 5.74) is 2.09. The molecule has 0 aliphatic heterocycles. The van der Waals surface area contributed by atoms with Crippen LogP contribution in [0.4, 0.5) is 17.6 Å². The van der Waals surface area contributed by atoms with Gasteiger partial charge in [-0.15, -0.1) is 0 Å². The number of halogens is 7. The number of methoxy groups -OCH3 is 4. The van der Waals surface area contributed by atoms with Gasteiger partial charge in [0.2, 0.25) is 0 Å².